The van der Waals surface area contributed by atoms with Gasteiger partial charge in [0.25, 0.3) is 0 Å². The van der Waals surface area contributed by atoms with Crippen LogP contribution in [0, 0.1) is 0 Å². The van der Waals surface area contributed by atoms with Gasteiger partial charge >= 0.3 is 0 Å². The molecule has 2 N–H and O–H groups in total. The molecule has 1 heterocycles. The minimum absolute atomic E-state index is 0.250. The van der Waals surface area contributed by atoms with Crippen molar-refractivity contribution in [1.82, 2.24) is 4.90 Å². The van der Waals surface area contributed by atoms with Crippen LogP contribution in [-0.2, 0) is 6.42 Å². The number of nitrogens with two attached hydrogens (primary N) is 1. The Bertz CT molecular complexity index is 373. The Morgan fingerprint density at radius 2 is 2.17 bits per heavy atom. The zero-order valence-corrected chi connectivity index (χ0v) is 11.7. The summed E-state index contributed by atoms with van der Waals surface area (Å²) >= 11 is 0. The molecule has 0 bridgehead atoms. The fourth-order valence-electron chi connectivity index (χ4n) is 2.92. The molecule has 1 fully saturated rings. The molecule has 0 saturated carbocycles. The van der Waals surface area contributed by atoms with E-state index in [0.29, 0.717) is 0 Å². The third-order valence-electron chi connectivity index (χ3n) is 3.93. The van der Waals surface area contributed by atoms with E-state index in [2.05, 4.69) is 43.1 Å². The van der Waals surface area contributed by atoms with Gasteiger partial charge < -0.3 is 10.6 Å². The Kier molecular flexibility index (Phi) is 4.79. The lowest BCUT2D eigenvalue weighted by Crippen LogP contribution is -2.19. The van der Waals surface area contributed by atoms with Crippen LogP contribution in [0.5, 0.6) is 0 Å². The van der Waals surface area contributed by atoms with Gasteiger partial charge in [0.1, 0.15) is 0 Å². The highest BCUT2D eigenvalue weighted by molar-refractivity contribution is 5.27. The van der Waals surface area contributed by atoms with Gasteiger partial charge in [-0.05, 0) is 69.8 Å². The Morgan fingerprint density at radius 1 is 1.33 bits per heavy atom. The summed E-state index contributed by atoms with van der Waals surface area (Å²) in [7, 11) is 2.23. The minimum atomic E-state index is 0.250. The smallest absolute Gasteiger partial charge is 0.00509 e. The Balaban J connectivity index is 2.07. The molecule has 2 nitrogen and oxygen atoms in total. The van der Waals surface area contributed by atoms with Crippen LogP contribution in [0.15, 0.2) is 24.3 Å². The van der Waals surface area contributed by atoms with Gasteiger partial charge in [-0.25, -0.2) is 0 Å². The van der Waals surface area contributed by atoms with E-state index in [1.165, 1.54) is 43.5 Å². The molecular formula is C16H26N2. The molecule has 2 atom stereocenters. The summed E-state index contributed by atoms with van der Waals surface area (Å²) in [4.78, 5) is 2.45. The van der Waals surface area contributed by atoms with E-state index in [1.54, 1.807) is 0 Å². The summed E-state index contributed by atoms with van der Waals surface area (Å²) in [5.74, 6) is 0.739. The minimum Gasteiger partial charge on any atom is -0.328 e. The molecule has 0 radical (unpaired) electrons. The zero-order valence-electron chi connectivity index (χ0n) is 11.7. The average molecular weight is 246 g/mol. The van der Waals surface area contributed by atoms with Crippen LogP contribution in [0.3, 0.4) is 0 Å². The fraction of sp³-hybridized carbons (Fsp3) is 0.625. The highest BCUT2D eigenvalue weighted by Gasteiger charge is 2.16. The van der Waals surface area contributed by atoms with Crippen LogP contribution in [-0.4, -0.2) is 31.1 Å². The molecule has 2 rings (SSSR count). The number of benzene rings is 1. The quantitative estimate of drug-likeness (QED) is 0.888. The van der Waals surface area contributed by atoms with Crippen molar-refractivity contribution in [3.05, 3.63) is 35.4 Å². The van der Waals surface area contributed by atoms with E-state index in [0.717, 1.165) is 12.3 Å². The van der Waals surface area contributed by atoms with Crippen molar-refractivity contribution < 1.29 is 0 Å². The number of hydrogen-bond donors (Lipinski definition) is 1. The molecule has 1 aromatic rings. The summed E-state index contributed by atoms with van der Waals surface area (Å²) in [5, 5.41) is 0. The maximum Gasteiger partial charge on any atom is 0.00509 e. The van der Waals surface area contributed by atoms with E-state index in [4.69, 9.17) is 5.73 Å². The van der Waals surface area contributed by atoms with Crippen molar-refractivity contribution in [3.63, 3.8) is 0 Å². The van der Waals surface area contributed by atoms with E-state index < -0.39 is 0 Å². The second-order valence-corrected chi connectivity index (χ2v) is 5.86. The second kappa shape index (κ2) is 6.35. The van der Waals surface area contributed by atoms with Crippen molar-refractivity contribution in [2.75, 3.05) is 20.1 Å². The first-order valence-electron chi connectivity index (χ1n) is 7.18. The molecule has 1 aliphatic rings. The third kappa shape index (κ3) is 3.82. The summed E-state index contributed by atoms with van der Waals surface area (Å²) in [6, 6.07) is 9.32. The van der Waals surface area contributed by atoms with Crippen molar-refractivity contribution in [2.45, 2.75) is 44.6 Å². The lowest BCUT2D eigenvalue weighted by atomic mass is 9.90. The lowest BCUT2D eigenvalue weighted by Gasteiger charge is -2.16. The van der Waals surface area contributed by atoms with Crippen LogP contribution in [0.4, 0.5) is 0 Å². The molecule has 1 aromatic carbocycles. The molecule has 18 heavy (non-hydrogen) atoms. The van der Waals surface area contributed by atoms with Crippen LogP contribution in [0.25, 0.3) is 0 Å². The molecule has 1 aliphatic heterocycles. The van der Waals surface area contributed by atoms with Crippen molar-refractivity contribution in [1.29, 1.82) is 0 Å². The van der Waals surface area contributed by atoms with Gasteiger partial charge in [0.2, 0.25) is 0 Å². The van der Waals surface area contributed by atoms with Crippen LogP contribution in [0.1, 0.15) is 43.2 Å². The largest absolute Gasteiger partial charge is 0.328 e. The zero-order chi connectivity index (χ0) is 13.0. The molecule has 0 aromatic heterocycles. The summed E-state index contributed by atoms with van der Waals surface area (Å²) < 4.78 is 0. The fourth-order valence-corrected chi connectivity index (χ4v) is 2.92. The van der Waals surface area contributed by atoms with E-state index in [1.807, 2.05) is 0 Å². The first-order valence-corrected chi connectivity index (χ1v) is 7.18. The van der Waals surface area contributed by atoms with E-state index in [-0.39, 0.29) is 6.04 Å². The second-order valence-electron chi connectivity index (χ2n) is 5.86. The van der Waals surface area contributed by atoms with Crippen molar-refractivity contribution >= 4 is 0 Å². The first-order chi connectivity index (χ1) is 8.65. The molecule has 0 aliphatic carbocycles. The number of hydrogen-bond acceptors (Lipinski definition) is 2. The maximum absolute atomic E-state index is 5.89. The van der Waals surface area contributed by atoms with Crippen LogP contribution >= 0.6 is 0 Å². The summed E-state index contributed by atoms with van der Waals surface area (Å²) in [6.07, 6.45) is 4.92. The van der Waals surface area contributed by atoms with Gasteiger partial charge in [-0.3, -0.25) is 0 Å². The molecule has 2 unspecified atom stereocenters. The van der Waals surface area contributed by atoms with Gasteiger partial charge in [0, 0.05) is 6.04 Å². The first kappa shape index (κ1) is 13.6. The predicted molar refractivity (Wildman–Crippen MR) is 77.9 cm³/mol. The Hall–Kier alpha value is -0.860. The normalized spacial score (nSPS) is 23.6. The molecule has 2 heteroatoms. The third-order valence-corrected chi connectivity index (χ3v) is 3.93. The Labute approximate surface area is 111 Å². The maximum atomic E-state index is 5.89. The Morgan fingerprint density at radius 3 is 2.94 bits per heavy atom. The summed E-state index contributed by atoms with van der Waals surface area (Å²) in [5.41, 5.74) is 8.80. The molecular weight excluding hydrogens is 220 g/mol. The highest BCUT2D eigenvalue weighted by Crippen LogP contribution is 2.28. The van der Waals surface area contributed by atoms with E-state index >= 15 is 0 Å². The standard InChI is InChI=1S/C16H26N2/c1-13(17)11-14-5-3-6-16(12-14)15-7-4-9-18(2)10-8-15/h3,5-6,12-13,15H,4,7-11,17H2,1-2H3. The van der Waals surface area contributed by atoms with E-state index in [9.17, 15) is 0 Å². The van der Waals surface area contributed by atoms with Crippen LogP contribution in [0.2, 0.25) is 0 Å². The van der Waals surface area contributed by atoms with Gasteiger partial charge in [-0.1, -0.05) is 24.3 Å². The number of rotatable bonds is 3. The van der Waals surface area contributed by atoms with Gasteiger partial charge in [0.05, 0.1) is 0 Å². The molecule has 100 valence electrons. The number of nitrogens with zero attached hydrogens (tertiary/aromatic N) is 1. The van der Waals surface area contributed by atoms with Crippen molar-refractivity contribution in [2.24, 2.45) is 5.73 Å². The number of likely N-dealkylation sites (tertiary alicyclic amines) is 1. The van der Waals surface area contributed by atoms with Gasteiger partial charge in [-0.2, -0.15) is 0 Å². The average Bonchev–Trinajstić information content (AvgIpc) is 2.53. The van der Waals surface area contributed by atoms with Crippen molar-refractivity contribution in [3.8, 4) is 0 Å². The summed E-state index contributed by atoms with van der Waals surface area (Å²) in [6.45, 7) is 4.55. The van der Waals surface area contributed by atoms with Crippen LogP contribution < -0.4 is 5.73 Å². The topological polar surface area (TPSA) is 29.3 Å². The molecule has 0 amide bonds. The molecule has 0 spiro atoms. The molecule has 1 saturated heterocycles. The lowest BCUT2D eigenvalue weighted by molar-refractivity contribution is 0.347. The van der Waals surface area contributed by atoms with Gasteiger partial charge in [-0.15, -0.1) is 0 Å². The van der Waals surface area contributed by atoms with Gasteiger partial charge in [0.15, 0.2) is 0 Å². The monoisotopic (exact) mass is 246 g/mol. The SMILES string of the molecule is CC(N)Cc1cccc(C2CCCN(C)CC2)c1. The highest BCUT2D eigenvalue weighted by atomic mass is 15.1. The predicted octanol–water partition coefficient (Wildman–Crippen LogP) is 2.78.